The van der Waals surface area contributed by atoms with Crippen molar-refractivity contribution in [1.82, 2.24) is 4.90 Å². The minimum Gasteiger partial charge on any atom is -0.454 e. The van der Waals surface area contributed by atoms with Gasteiger partial charge in [-0.15, -0.1) is 0 Å². The molecule has 1 heterocycles. The lowest BCUT2D eigenvalue weighted by Gasteiger charge is -2.13. The van der Waals surface area contributed by atoms with Crippen LogP contribution < -0.4 is 0 Å². The molecule has 2 aromatic carbocycles. The third-order valence-electron chi connectivity index (χ3n) is 4.70. The van der Waals surface area contributed by atoms with E-state index in [1.54, 1.807) is 36.4 Å². The van der Waals surface area contributed by atoms with Gasteiger partial charge in [0.15, 0.2) is 12.4 Å². The normalized spacial score (nSPS) is 13.7. The first kappa shape index (κ1) is 19.5. The zero-order valence-electron chi connectivity index (χ0n) is 15.6. The number of ether oxygens (including phenoxy) is 1. The molecule has 1 aliphatic rings. The summed E-state index contributed by atoms with van der Waals surface area (Å²) in [5, 5.41) is 0. The van der Waals surface area contributed by atoms with Crippen molar-refractivity contribution in [3.63, 3.8) is 0 Å². The van der Waals surface area contributed by atoms with Crippen molar-refractivity contribution in [2.45, 2.75) is 32.7 Å². The molecule has 144 valence electrons. The number of ketones is 1. The summed E-state index contributed by atoms with van der Waals surface area (Å²) in [5.74, 6) is -1.23. The molecule has 6 heteroatoms. The van der Waals surface area contributed by atoms with Crippen LogP contribution >= 0.6 is 0 Å². The first-order chi connectivity index (χ1) is 13.5. The Hall–Kier alpha value is -3.28. The second kappa shape index (κ2) is 8.61. The van der Waals surface area contributed by atoms with E-state index in [4.69, 9.17) is 4.74 Å². The molecule has 2 aromatic rings. The van der Waals surface area contributed by atoms with Gasteiger partial charge in [-0.2, -0.15) is 0 Å². The number of nitrogens with zero attached hydrogens (tertiary/aromatic N) is 1. The highest BCUT2D eigenvalue weighted by Gasteiger charge is 2.28. The van der Waals surface area contributed by atoms with E-state index in [9.17, 15) is 19.2 Å². The minimum atomic E-state index is -0.599. The van der Waals surface area contributed by atoms with Gasteiger partial charge in [0, 0.05) is 18.4 Å². The highest BCUT2D eigenvalue weighted by Crippen LogP contribution is 2.16. The Morgan fingerprint density at radius 3 is 1.96 bits per heavy atom. The Morgan fingerprint density at radius 1 is 0.857 bits per heavy atom. The molecule has 1 aliphatic heterocycles. The molecule has 28 heavy (non-hydrogen) atoms. The van der Waals surface area contributed by atoms with Crippen molar-refractivity contribution in [2.75, 3.05) is 6.61 Å². The van der Waals surface area contributed by atoms with Crippen LogP contribution in [-0.4, -0.2) is 35.1 Å². The van der Waals surface area contributed by atoms with Gasteiger partial charge in [-0.25, -0.2) is 4.79 Å². The summed E-state index contributed by atoms with van der Waals surface area (Å²) >= 11 is 0. The molecule has 0 aromatic heterocycles. The summed E-state index contributed by atoms with van der Waals surface area (Å²) in [7, 11) is 0. The molecule has 0 N–H and O–H groups in total. The summed E-state index contributed by atoms with van der Waals surface area (Å²) in [6, 6.07) is 13.7. The Morgan fingerprint density at radius 2 is 1.39 bits per heavy atom. The number of Topliss-reactive ketones (excluding diaryl/α,β-unsaturated/α-hetero) is 1. The van der Waals surface area contributed by atoms with Gasteiger partial charge in [-0.1, -0.05) is 43.3 Å². The Balaban J connectivity index is 1.54. The van der Waals surface area contributed by atoms with E-state index in [0.717, 1.165) is 17.5 Å². The third-order valence-corrected chi connectivity index (χ3v) is 4.70. The fourth-order valence-electron chi connectivity index (χ4n) is 2.95. The van der Waals surface area contributed by atoms with Crippen molar-refractivity contribution in [3.05, 3.63) is 70.8 Å². The SMILES string of the molecule is CCc1ccc(C(=O)COC(=O)c2ccc(CN3C(=O)CCC3=O)cc2)cc1. The number of hydrogen-bond donors (Lipinski definition) is 0. The molecule has 6 nitrogen and oxygen atoms in total. The molecule has 2 amide bonds. The second-order valence-corrected chi connectivity index (χ2v) is 6.62. The quantitative estimate of drug-likeness (QED) is 0.420. The maximum absolute atomic E-state index is 12.1. The average molecular weight is 379 g/mol. The lowest BCUT2D eigenvalue weighted by atomic mass is 10.1. The lowest BCUT2D eigenvalue weighted by Crippen LogP contribution is -2.28. The second-order valence-electron chi connectivity index (χ2n) is 6.62. The molecule has 0 saturated carbocycles. The Labute approximate surface area is 163 Å². The monoisotopic (exact) mass is 379 g/mol. The van der Waals surface area contributed by atoms with E-state index in [0.29, 0.717) is 11.1 Å². The van der Waals surface area contributed by atoms with E-state index in [-0.39, 0.29) is 43.6 Å². The topological polar surface area (TPSA) is 80.8 Å². The number of likely N-dealkylation sites (tertiary alicyclic amines) is 1. The highest BCUT2D eigenvalue weighted by atomic mass is 16.5. The Kier molecular flexibility index (Phi) is 5.99. The molecule has 1 saturated heterocycles. The molecule has 0 unspecified atom stereocenters. The summed E-state index contributed by atoms with van der Waals surface area (Å²) in [6.45, 7) is 1.90. The minimum absolute atomic E-state index is 0.182. The molecule has 3 rings (SSSR count). The molecule has 0 radical (unpaired) electrons. The van der Waals surface area contributed by atoms with Crippen LogP contribution in [0.15, 0.2) is 48.5 Å². The number of esters is 1. The molecule has 0 spiro atoms. The fourth-order valence-corrected chi connectivity index (χ4v) is 2.95. The van der Waals surface area contributed by atoms with Crippen LogP contribution in [0.4, 0.5) is 0 Å². The van der Waals surface area contributed by atoms with E-state index in [1.165, 1.54) is 4.90 Å². The maximum atomic E-state index is 12.1. The predicted molar refractivity (Wildman–Crippen MR) is 102 cm³/mol. The molecular weight excluding hydrogens is 358 g/mol. The van der Waals surface area contributed by atoms with Crippen LogP contribution in [0, 0.1) is 0 Å². The zero-order valence-corrected chi connectivity index (χ0v) is 15.6. The average Bonchev–Trinajstić information content (AvgIpc) is 3.04. The molecule has 0 bridgehead atoms. The molecule has 0 atom stereocenters. The zero-order chi connectivity index (χ0) is 20.1. The van der Waals surface area contributed by atoms with Gasteiger partial charge in [0.1, 0.15) is 0 Å². The van der Waals surface area contributed by atoms with Crippen molar-refractivity contribution in [1.29, 1.82) is 0 Å². The number of benzene rings is 2. The van der Waals surface area contributed by atoms with Gasteiger partial charge in [-0.3, -0.25) is 19.3 Å². The number of rotatable bonds is 7. The maximum Gasteiger partial charge on any atom is 0.338 e. The number of amides is 2. The standard InChI is InChI=1S/C22H21NO5/c1-2-15-3-7-17(8-4-15)19(24)14-28-22(27)18-9-5-16(6-10-18)13-23-20(25)11-12-21(23)26/h3-10H,2,11-14H2,1H3. The Bertz CT molecular complexity index is 884. The summed E-state index contributed by atoms with van der Waals surface area (Å²) in [5.41, 5.74) is 2.68. The van der Waals surface area contributed by atoms with Crippen molar-refractivity contribution < 1.29 is 23.9 Å². The van der Waals surface area contributed by atoms with Crippen molar-refractivity contribution in [2.24, 2.45) is 0 Å². The van der Waals surface area contributed by atoms with Gasteiger partial charge in [-0.05, 0) is 29.7 Å². The van der Waals surface area contributed by atoms with Gasteiger partial charge < -0.3 is 4.74 Å². The number of aryl methyl sites for hydroxylation is 1. The largest absolute Gasteiger partial charge is 0.454 e. The third kappa shape index (κ3) is 4.52. The molecule has 1 fully saturated rings. The highest BCUT2D eigenvalue weighted by molar-refractivity contribution is 6.02. The van der Waals surface area contributed by atoms with Crippen molar-refractivity contribution >= 4 is 23.6 Å². The van der Waals surface area contributed by atoms with Gasteiger partial charge in [0.05, 0.1) is 12.1 Å². The van der Waals surface area contributed by atoms with E-state index >= 15 is 0 Å². The van der Waals surface area contributed by atoms with Gasteiger partial charge >= 0.3 is 5.97 Å². The first-order valence-electron chi connectivity index (χ1n) is 9.19. The van der Waals surface area contributed by atoms with E-state index < -0.39 is 5.97 Å². The van der Waals surface area contributed by atoms with Crippen LogP contribution in [0.25, 0.3) is 0 Å². The van der Waals surface area contributed by atoms with E-state index in [2.05, 4.69) is 0 Å². The van der Waals surface area contributed by atoms with Gasteiger partial charge in [0.2, 0.25) is 11.8 Å². The summed E-state index contributed by atoms with van der Waals surface area (Å²) in [4.78, 5) is 48.8. The lowest BCUT2D eigenvalue weighted by molar-refractivity contribution is -0.139. The van der Waals surface area contributed by atoms with Crippen molar-refractivity contribution in [3.8, 4) is 0 Å². The summed E-state index contributed by atoms with van der Waals surface area (Å²) in [6.07, 6.45) is 1.39. The number of carbonyl (C=O) groups excluding carboxylic acids is 4. The number of hydrogen-bond acceptors (Lipinski definition) is 5. The number of carbonyl (C=O) groups is 4. The van der Waals surface area contributed by atoms with Crippen LogP contribution in [0.2, 0.25) is 0 Å². The van der Waals surface area contributed by atoms with Crippen LogP contribution in [-0.2, 0) is 27.3 Å². The smallest absolute Gasteiger partial charge is 0.338 e. The molecule has 0 aliphatic carbocycles. The van der Waals surface area contributed by atoms with Crippen LogP contribution in [0.3, 0.4) is 0 Å². The van der Waals surface area contributed by atoms with Crippen LogP contribution in [0.1, 0.15) is 51.6 Å². The summed E-state index contributed by atoms with van der Waals surface area (Å²) < 4.78 is 5.10. The van der Waals surface area contributed by atoms with Gasteiger partial charge in [0.25, 0.3) is 0 Å². The fraction of sp³-hybridized carbons (Fsp3) is 0.273. The predicted octanol–water partition coefficient (Wildman–Crippen LogP) is 2.94. The van der Waals surface area contributed by atoms with E-state index in [1.807, 2.05) is 19.1 Å². The first-order valence-corrected chi connectivity index (χ1v) is 9.19. The van der Waals surface area contributed by atoms with Crippen LogP contribution in [0.5, 0.6) is 0 Å². The number of imide groups is 1. The molecular formula is C22H21NO5.